The molecule has 1 aromatic rings. The third-order valence-corrected chi connectivity index (χ3v) is 6.81. The minimum Gasteiger partial charge on any atom is -0.299 e. The van der Waals surface area contributed by atoms with Crippen LogP contribution in [-0.4, -0.2) is 23.1 Å². The first-order valence-corrected chi connectivity index (χ1v) is 10.6. The fourth-order valence-corrected chi connectivity index (χ4v) is 5.59. The molecule has 4 aliphatic rings. The Labute approximate surface area is 170 Å². The Bertz CT molecular complexity index is 1040. The summed E-state index contributed by atoms with van der Waals surface area (Å²) in [6.45, 7) is 4.14. The minimum absolute atomic E-state index is 0.0522. The number of carbonyl (C=O) groups excluding carboxylic acids is 3. The molecule has 0 aromatic heterocycles. The van der Waals surface area contributed by atoms with Crippen LogP contribution >= 0.6 is 0 Å². The maximum Gasteiger partial charge on any atom is 0.208 e. The Kier molecular flexibility index (Phi) is 4.09. The van der Waals surface area contributed by atoms with Crippen LogP contribution in [0.4, 0.5) is 0 Å². The molecule has 5 rings (SSSR count). The highest BCUT2D eigenvalue weighted by atomic mass is 16.1. The maximum absolute atomic E-state index is 13.6. The van der Waals surface area contributed by atoms with Crippen LogP contribution in [-0.2, 0) is 14.4 Å². The summed E-state index contributed by atoms with van der Waals surface area (Å²) in [5, 5.41) is 0. The molecule has 0 amide bonds. The van der Waals surface area contributed by atoms with Gasteiger partial charge >= 0.3 is 0 Å². The zero-order chi connectivity index (χ0) is 20.3. The summed E-state index contributed by atoms with van der Waals surface area (Å²) in [6.07, 6.45) is 4.33. The zero-order valence-corrected chi connectivity index (χ0v) is 17.0. The molecule has 1 aromatic carbocycles. The van der Waals surface area contributed by atoms with Crippen LogP contribution in [0.15, 0.2) is 57.7 Å². The van der Waals surface area contributed by atoms with Crippen LogP contribution in [0.2, 0.25) is 0 Å². The summed E-state index contributed by atoms with van der Waals surface area (Å²) in [4.78, 5) is 45.0. The van der Waals surface area contributed by atoms with Gasteiger partial charge in [-0.1, -0.05) is 44.2 Å². The number of nitrogens with zero attached hydrogens (tertiary/aromatic N) is 1. The third kappa shape index (κ3) is 2.80. The lowest BCUT2D eigenvalue weighted by molar-refractivity contribution is -0.124. The standard InChI is InChI=1S/C25H25NO3/c1-25(2)12-17-20(18(27)13-25)19(14-8-4-3-5-9-14)21-22(26-17)24(29)16-11-7-6-10-15(16)23(21)28/h3-5,8-9,19-20H,6-7,10-13H2,1-2H3. The van der Waals surface area contributed by atoms with E-state index in [1.807, 2.05) is 30.3 Å². The summed E-state index contributed by atoms with van der Waals surface area (Å²) < 4.78 is 0. The highest BCUT2D eigenvalue weighted by molar-refractivity contribution is 6.28. The topological polar surface area (TPSA) is 63.6 Å². The zero-order valence-electron chi connectivity index (χ0n) is 17.0. The Morgan fingerprint density at radius 3 is 2.21 bits per heavy atom. The Hall–Kier alpha value is -2.62. The molecule has 3 aliphatic carbocycles. The lowest BCUT2D eigenvalue weighted by Crippen LogP contribution is -2.45. The number of ketones is 3. The van der Waals surface area contributed by atoms with Crippen molar-refractivity contribution in [2.24, 2.45) is 16.3 Å². The van der Waals surface area contributed by atoms with Crippen molar-refractivity contribution in [2.75, 3.05) is 0 Å². The van der Waals surface area contributed by atoms with E-state index in [0.29, 0.717) is 48.1 Å². The number of rotatable bonds is 1. The quantitative estimate of drug-likeness (QED) is 0.666. The predicted molar refractivity (Wildman–Crippen MR) is 111 cm³/mol. The van der Waals surface area contributed by atoms with Crippen molar-refractivity contribution < 1.29 is 14.4 Å². The second kappa shape index (κ2) is 6.45. The molecule has 2 atom stereocenters. The first-order valence-electron chi connectivity index (χ1n) is 10.6. The fourth-order valence-electron chi connectivity index (χ4n) is 5.59. The van der Waals surface area contributed by atoms with Crippen LogP contribution in [0.25, 0.3) is 0 Å². The van der Waals surface area contributed by atoms with E-state index in [2.05, 4.69) is 13.8 Å². The molecule has 0 N–H and O–H groups in total. The van der Waals surface area contributed by atoms with Crippen molar-refractivity contribution in [1.82, 2.24) is 0 Å². The second-order valence-corrected chi connectivity index (χ2v) is 9.54. The summed E-state index contributed by atoms with van der Waals surface area (Å²) in [6, 6.07) is 9.72. The average molecular weight is 387 g/mol. The molecule has 0 bridgehead atoms. The third-order valence-electron chi connectivity index (χ3n) is 6.81. The SMILES string of the molecule is CC1(C)CC(=O)C2C(=NC3=C(C(=O)C4=C(CCCC4)C3=O)C2c2ccccc2)C1. The largest absolute Gasteiger partial charge is 0.299 e. The smallest absolute Gasteiger partial charge is 0.208 e. The van der Waals surface area contributed by atoms with E-state index >= 15 is 0 Å². The Morgan fingerprint density at radius 1 is 0.862 bits per heavy atom. The van der Waals surface area contributed by atoms with E-state index < -0.39 is 11.8 Å². The molecule has 0 spiro atoms. The lowest BCUT2D eigenvalue weighted by atomic mass is 9.61. The van der Waals surface area contributed by atoms with Crippen LogP contribution in [0, 0.1) is 11.3 Å². The number of hydrogen-bond donors (Lipinski definition) is 0. The maximum atomic E-state index is 13.6. The van der Waals surface area contributed by atoms with Gasteiger partial charge in [-0.3, -0.25) is 19.4 Å². The van der Waals surface area contributed by atoms with Crippen molar-refractivity contribution in [2.45, 2.75) is 58.3 Å². The Balaban J connectivity index is 1.73. The van der Waals surface area contributed by atoms with Crippen molar-refractivity contribution in [3.8, 4) is 0 Å². The van der Waals surface area contributed by atoms with Gasteiger partial charge in [0.2, 0.25) is 5.78 Å². The number of carbonyl (C=O) groups is 3. The molecule has 1 heterocycles. The van der Waals surface area contributed by atoms with E-state index in [1.165, 1.54) is 0 Å². The molecule has 1 saturated carbocycles. The van der Waals surface area contributed by atoms with Crippen LogP contribution in [0.5, 0.6) is 0 Å². The molecular weight excluding hydrogens is 362 g/mol. The minimum atomic E-state index is -0.438. The summed E-state index contributed by atoms with van der Waals surface area (Å²) in [7, 11) is 0. The summed E-state index contributed by atoms with van der Waals surface area (Å²) >= 11 is 0. The normalized spacial score (nSPS) is 28.6. The van der Waals surface area contributed by atoms with E-state index in [9.17, 15) is 14.4 Å². The molecular formula is C25H25NO3. The molecule has 4 nitrogen and oxygen atoms in total. The van der Waals surface area contributed by atoms with Gasteiger partial charge in [0, 0.05) is 34.8 Å². The number of Topliss-reactive ketones (excluding diaryl/α,β-unsaturated/α-hetero) is 3. The number of fused-ring (bicyclic) bond motifs is 1. The second-order valence-electron chi connectivity index (χ2n) is 9.54. The first kappa shape index (κ1) is 18.4. The predicted octanol–water partition coefficient (Wildman–Crippen LogP) is 4.51. The molecule has 0 radical (unpaired) electrons. The van der Waals surface area contributed by atoms with E-state index in [1.54, 1.807) is 0 Å². The number of aliphatic imine (C=N–C) groups is 1. The molecule has 0 saturated heterocycles. The van der Waals surface area contributed by atoms with Gasteiger partial charge in [-0.25, -0.2) is 0 Å². The average Bonchev–Trinajstić information content (AvgIpc) is 2.70. The lowest BCUT2D eigenvalue weighted by Gasteiger charge is -2.42. The molecule has 1 aliphatic heterocycles. The Morgan fingerprint density at radius 2 is 1.52 bits per heavy atom. The molecule has 1 fully saturated rings. The number of allylic oxidation sites excluding steroid dienone is 3. The summed E-state index contributed by atoms with van der Waals surface area (Å²) in [5.74, 6) is -0.855. The monoisotopic (exact) mass is 387 g/mol. The van der Waals surface area contributed by atoms with Crippen molar-refractivity contribution >= 4 is 23.1 Å². The van der Waals surface area contributed by atoms with E-state index in [4.69, 9.17) is 4.99 Å². The van der Waals surface area contributed by atoms with Gasteiger partial charge in [-0.2, -0.15) is 0 Å². The number of benzene rings is 1. The van der Waals surface area contributed by atoms with E-state index in [-0.39, 0.29) is 22.8 Å². The summed E-state index contributed by atoms with van der Waals surface area (Å²) in [5.41, 5.74) is 3.62. The van der Waals surface area contributed by atoms with Gasteiger partial charge in [-0.05, 0) is 43.1 Å². The fraction of sp³-hybridized carbons (Fsp3) is 0.440. The van der Waals surface area contributed by atoms with E-state index in [0.717, 1.165) is 24.1 Å². The van der Waals surface area contributed by atoms with Gasteiger partial charge in [0.25, 0.3) is 0 Å². The van der Waals surface area contributed by atoms with Gasteiger partial charge < -0.3 is 0 Å². The van der Waals surface area contributed by atoms with Gasteiger partial charge in [-0.15, -0.1) is 0 Å². The van der Waals surface area contributed by atoms with Crippen LogP contribution < -0.4 is 0 Å². The van der Waals surface area contributed by atoms with Crippen LogP contribution in [0.1, 0.15) is 63.9 Å². The molecule has 4 heteroatoms. The number of hydrogen-bond acceptors (Lipinski definition) is 4. The van der Waals surface area contributed by atoms with Gasteiger partial charge in [0.15, 0.2) is 5.78 Å². The van der Waals surface area contributed by atoms with Gasteiger partial charge in [0.05, 0.1) is 5.92 Å². The van der Waals surface area contributed by atoms with Gasteiger partial charge in [0.1, 0.15) is 11.5 Å². The highest BCUT2D eigenvalue weighted by Crippen LogP contribution is 2.50. The highest BCUT2D eigenvalue weighted by Gasteiger charge is 2.50. The van der Waals surface area contributed by atoms with Crippen molar-refractivity contribution in [1.29, 1.82) is 0 Å². The van der Waals surface area contributed by atoms with Crippen molar-refractivity contribution in [3.05, 3.63) is 58.3 Å². The molecule has 148 valence electrons. The first-order chi connectivity index (χ1) is 13.9. The van der Waals surface area contributed by atoms with Crippen molar-refractivity contribution in [3.63, 3.8) is 0 Å². The van der Waals surface area contributed by atoms with Crippen LogP contribution in [0.3, 0.4) is 0 Å². The molecule has 29 heavy (non-hydrogen) atoms. The molecule has 2 unspecified atom stereocenters.